The van der Waals surface area contributed by atoms with Crippen molar-refractivity contribution < 1.29 is 8.83 Å². The standard InChI is InChI=1S/C46H32N2O2/c1-46(2)39-14-8-6-12-35(39)36-23-20-32(26-40(36)46)48(33-21-24-38-37-13-7-9-15-42(37)49-43(38)27-33)34-22-25-41-44(28-34)50-45(47-41)31-18-16-30(17-19-31)29-10-4-3-5-11-29/h3-28H,1-2H3. The molecule has 0 N–H and O–H groups in total. The molecule has 4 nitrogen and oxygen atoms in total. The van der Waals surface area contributed by atoms with Crippen molar-refractivity contribution in [2.24, 2.45) is 0 Å². The first-order valence-corrected chi connectivity index (χ1v) is 17.0. The van der Waals surface area contributed by atoms with Crippen LogP contribution in [-0.2, 0) is 5.41 Å². The van der Waals surface area contributed by atoms with E-state index in [4.69, 9.17) is 13.8 Å². The zero-order valence-electron chi connectivity index (χ0n) is 27.7. The van der Waals surface area contributed by atoms with Gasteiger partial charge in [-0.05, 0) is 88.0 Å². The number of benzene rings is 7. The van der Waals surface area contributed by atoms with Crippen LogP contribution in [0.25, 0.3) is 66.7 Å². The molecule has 0 fully saturated rings. The second-order valence-corrected chi connectivity index (χ2v) is 13.6. The van der Waals surface area contributed by atoms with Crippen LogP contribution in [0.4, 0.5) is 17.1 Å². The quantitative estimate of drug-likeness (QED) is 0.187. The van der Waals surface area contributed by atoms with Gasteiger partial charge in [-0.1, -0.05) is 105 Å². The molecule has 50 heavy (non-hydrogen) atoms. The number of hydrogen-bond acceptors (Lipinski definition) is 4. The van der Waals surface area contributed by atoms with E-state index in [1.165, 1.54) is 27.8 Å². The highest BCUT2D eigenvalue weighted by Gasteiger charge is 2.35. The minimum atomic E-state index is -0.129. The second-order valence-electron chi connectivity index (χ2n) is 13.6. The lowest BCUT2D eigenvalue weighted by Gasteiger charge is -2.28. The van der Waals surface area contributed by atoms with Gasteiger partial charge in [0.15, 0.2) is 5.58 Å². The SMILES string of the molecule is CC1(C)c2ccccc2-c2ccc(N(c3ccc4nc(-c5ccc(-c6ccccc6)cc5)oc4c3)c3ccc4c(c3)oc3ccccc34)cc21. The van der Waals surface area contributed by atoms with Crippen molar-refractivity contribution in [1.29, 1.82) is 0 Å². The Morgan fingerprint density at radius 3 is 1.94 bits per heavy atom. The molecular weight excluding hydrogens is 613 g/mol. The first kappa shape index (κ1) is 28.6. The molecule has 0 bridgehead atoms. The molecule has 0 saturated carbocycles. The summed E-state index contributed by atoms with van der Waals surface area (Å²) in [5.41, 5.74) is 14.7. The molecular formula is C46H32N2O2. The predicted molar refractivity (Wildman–Crippen MR) is 204 cm³/mol. The molecule has 1 aliphatic rings. The number of fused-ring (bicyclic) bond motifs is 7. The molecule has 1 aliphatic carbocycles. The van der Waals surface area contributed by atoms with Crippen molar-refractivity contribution in [3.63, 3.8) is 0 Å². The molecule has 0 amide bonds. The molecule has 0 aliphatic heterocycles. The highest BCUT2D eigenvalue weighted by atomic mass is 16.3. The van der Waals surface area contributed by atoms with Gasteiger partial charge in [0.25, 0.3) is 0 Å². The molecule has 4 heteroatoms. The largest absolute Gasteiger partial charge is 0.456 e. The van der Waals surface area contributed by atoms with E-state index in [0.717, 1.165) is 61.2 Å². The summed E-state index contributed by atoms with van der Waals surface area (Å²) >= 11 is 0. The number of rotatable bonds is 5. The maximum atomic E-state index is 6.47. The molecule has 0 radical (unpaired) electrons. The minimum absolute atomic E-state index is 0.129. The van der Waals surface area contributed by atoms with Crippen LogP contribution >= 0.6 is 0 Å². The van der Waals surface area contributed by atoms with Crippen molar-refractivity contribution in [3.8, 4) is 33.7 Å². The van der Waals surface area contributed by atoms with Gasteiger partial charge in [0.05, 0.1) is 0 Å². The summed E-state index contributed by atoms with van der Waals surface area (Å²) in [4.78, 5) is 7.18. The number of hydrogen-bond donors (Lipinski definition) is 0. The fourth-order valence-corrected chi connectivity index (χ4v) is 7.74. The van der Waals surface area contributed by atoms with Gasteiger partial charge in [-0.2, -0.15) is 0 Å². The first-order chi connectivity index (χ1) is 24.5. The van der Waals surface area contributed by atoms with Gasteiger partial charge < -0.3 is 13.7 Å². The Hall–Kier alpha value is -6.39. The molecule has 2 heterocycles. The van der Waals surface area contributed by atoms with Crippen molar-refractivity contribution in [2.45, 2.75) is 19.3 Å². The fourth-order valence-electron chi connectivity index (χ4n) is 7.74. The Morgan fingerprint density at radius 2 is 1.08 bits per heavy atom. The number of anilines is 3. The first-order valence-electron chi connectivity index (χ1n) is 17.0. The molecule has 0 atom stereocenters. The van der Waals surface area contributed by atoms with Gasteiger partial charge in [0.1, 0.15) is 16.7 Å². The zero-order valence-corrected chi connectivity index (χ0v) is 27.7. The van der Waals surface area contributed by atoms with Gasteiger partial charge in [-0.25, -0.2) is 4.98 Å². The lowest BCUT2D eigenvalue weighted by molar-refractivity contribution is 0.620. The van der Waals surface area contributed by atoms with Crippen LogP contribution in [-0.4, -0.2) is 4.98 Å². The summed E-state index contributed by atoms with van der Waals surface area (Å²) in [7, 11) is 0. The molecule has 0 spiro atoms. The summed E-state index contributed by atoms with van der Waals surface area (Å²) in [6, 6.07) is 55.4. The number of aromatic nitrogens is 1. The smallest absolute Gasteiger partial charge is 0.227 e. The molecule has 0 saturated heterocycles. The highest BCUT2D eigenvalue weighted by Crippen LogP contribution is 2.51. The van der Waals surface area contributed by atoms with E-state index in [9.17, 15) is 0 Å². The zero-order chi connectivity index (χ0) is 33.4. The van der Waals surface area contributed by atoms with Crippen LogP contribution in [0.2, 0.25) is 0 Å². The van der Waals surface area contributed by atoms with Gasteiger partial charge in [0.2, 0.25) is 5.89 Å². The van der Waals surface area contributed by atoms with Gasteiger partial charge in [-0.3, -0.25) is 0 Å². The summed E-state index contributed by atoms with van der Waals surface area (Å²) in [5.74, 6) is 0.601. The van der Waals surface area contributed by atoms with E-state index in [-0.39, 0.29) is 5.41 Å². The minimum Gasteiger partial charge on any atom is -0.456 e. The molecule has 7 aromatic carbocycles. The van der Waals surface area contributed by atoms with E-state index in [0.29, 0.717) is 5.89 Å². The van der Waals surface area contributed by atoms with Crippen LogP contribution < -0.4 is 4.90 Å². The van der Waals surface area contributed by atoms with Crippen LogP contribution in [0.3, 0.4) is 0 Å². The van der Waals surface area contributed by atoms with Crippen molar-refractivity contribution in [3.05, 3.63) is 169 Å². The Balaban J connectivity index is 1.10. The average Bonchev–Trinajstić information content (AvgIpc) is 3.82. The van der Waals surface area contributed by atoms with Gasteiger partial charge in [-0.15, -0.1) is 0 Å². The van der Waals surface area contributed by atoms with E-state index in [1.54, 1.807) is 0 Å². The number of para-hydroxylation sites is 1. The highest BCUT2D eigenvalue weighted by molar-refractivity contribution is 6.06. The Kier molecular flexibility index (Phi) is 6.19. The number of furan rings is 1. The molecule has 238 valence electrons. The molecule has 2 aromatic heterocycles. The second kappa shape index (κ2) is 10.8. The van der Waals surface area contributed by atoms with Gasteiger partial charge >= 0.3 is 0 Å². The van der Waals surface area contributed by atoms with E-state index in [2.05, 4.69) is 158 Å². The predicted octanol–water partition coefficient (Wildman–Crippen LogP) is 12.8. The normalized spacial score (nSPS) is 13.2. The van der Waals surface area contributed by atoms with E-state index >= 15 is 0 Å². The lowest BCUT2D eigenvalue weighted by Crippen LogP contribution is -2.16. The van der Waals surface area contributed by atoms with Gasteiger partial charge in [0, 0.05) is 50.9 Å². The summed E-state index contributed by atoms with van der Waals surface area (Å²) in [6.07, 6.45) is 0. The molecule has 9 aromatic rings. The monoisotopic (exact) mass is 644 g/mol. The van der Waals surface area contributed by atoms with Crippen molar-refractivity contribution in [2.75, 3.05) is 4.90 Å². The van der Waals surface area contributed by atoms with Crippen LogP contribution in [0.1, 0.15) is 25.0 Å². The average molecular weight is 645 g/mol. The maximum Gasteiger partial charge on any atom is 0.227 e. The van der Waals surface area contributed by atoms with E-state index in [1.807, 2.05) is 18.2 Å². The Labute approximate surface area is 289 Å². The summed E-state index contributed by atoms with van der Waals surface area (Å²) in [6.45, 7) is 4.64. The third-order valence-corrected chi connectivity index (χ3v) is 10.3. The summed E-state index contributed by atoms with van der Waals surface area (Å²) < 4.78 is 12.8. The van der Waals surface area contributed by atoms with Crippen molar-refractivity contribution in [1.82, 2.24) is 4.98 Å². The van der Waals surface area contributed by atoms with Crippen LogP contribution in [0, 0.1) is 0 Å². The third-order valence-electron chi connectivity index (χ3n) is 10.3. The summed E-state index contributed by atoms with van der Waals surface area (Å²) in [5, 5.41) is 2.22. The Bertz CT molecular complexity index is 2730. The number of nitrogens with zero attached hydrogens (tertiary/aromatic N) is 2. The Morgan fingerprint density at radius 1 is 0.460 bits per heavy atom. The maximum absolute atomic E-state index is 6.47. The van der Waals surface area contributed by atoms with Crippen LogP contribution in [0.5, 0.6) is 0 Å². The van der Waals surface area contributed by atoms with Crippen LogP contribution in [0.15, 0.2) is 167 Å². The van der Waals surface area contributed by atoms with Crippen molar-refractivity contribution >= 4 is 50.1 Å². The van der Waals surface area contributed by atoms with E-state index < -0.39 is 0 Å². The molecule has 0 unspecified atom stereocenters. The lowest BCUT2D eigenvalue weighted by atomic mass is 9.82. The topological polar surface area (TPSA) is 42.4 Å². The number of oxazole rings is 1. The fraction of sp³-hybridized carbons (Fsp3) is 0.0652. The third kappa shape index (κ3) is 4.42. The molecule has 10 rings (SSSR count).